The van der Waals surface area contributed by atoms with Crippen LogP contribution in [0.3, 0.4) is 0 Å². The van der Waals surface area contributed by atoms with Crippen molar-refractivity contribution in [2.75, 3.05) is 31.1 Å². The molecule has 0 amide bonds. The van der Waals surface area contributed by atoms with Gasteiger partial charge in [0.1, 0.15) is 13.1 Å². The average Bonchev–Trinajstić information content (AvgIpc) is 4.10. The highest BCUT2D eigenvalue weighted by Crippen LogP contribution is 2.45. The maximum absolute atomic E-state index is 14.0. The van der Waals surface area contributed by atoms with Crippen LogP contribution in [0, 0.1) is 37.5 Å². The molecule has 1 aliphatic heterocycles. The van der Waals surface area contributed by atoms with Gasteiger partial charge in [0.2, 0.25) is 5.04 Å². The van der Waals surface area contributed by atoms with Gasteiger partial charge in [-0.05, 0) is 117 Å². The highest BCUT2D eigenvalue weighted by molar-refractivity contribution is 8.22. The molecule has 0 N–H and O–H groups in total. The third-order valence-electron chi connectivity index (χ3n) is 13.6. The molecule has 5 rings (SSSR count). The van der Waals surface area contributed by atoms with Gasteiger partial charge in [0, 0.05) is 70.7 Å². The number of thiophene rings is 3. The number of hydrogen-bond donors (Lipinski definition) is 0. The van der Waals surface area contributed by atoms with E-state index in [0.29, 0.717) is 34.8 Å². The van der Waals surface area contributed by atoms with Crippen LogP contribution in [-0.4, -0.2) is 41.6 Å². The van der Waals surface area contributed by atoms with Crippen LogP contribution in [0.1, 0.15) is 174 Å². The zero-order valence-electron chi connectivity index (χ0n) is 40.3. The van der Waals surface area contributed by atoms with Gasteiger partial charge in [0.25, 0.3) is 0 Å². The van der Waals surface area contributed by atoms with Crippen LogP contribution in [0.4, 0.5) is 5.00 Å². The van der Waals surface area contributed by atoms with Crippen LogP contribution < -0.4 is 19.1 Å². The molecule has 0 fully saturated rings. The topological polar surface area (TPSA) is 46.4 Å². The maximum atomic E-state index is 14.0. The Morgan fingerprint density at radius 1 is 0.629 bits per heavy atom. The Kier molecular flexibility index (Phi) is 20.7. The summed E-state index contributed by atoms with van der Waals surface area (Å²) in [7, 11) is 0. The molecule has 2 aliphatic rings. The third kappa shape index (κ3) is 12.9. The first-order valence-corrected chi connectivity index (χ1v) is 28.1. The molecular weight excluding hydrogens is 837 g/mol. The first-order chi connectivity index (χ1) is 30.0. The number of aryl methyl sites for hydroxylation is 2. The van der Waals surface area contributed by atoms with E-state index >= 15 is 0 Å². The zero-order chi connectivity index (χ0) is 44.8. The second-order valence-electron chi connectivity index (χ2n) is 18.4. The van der Waals surface area contributed by atoms with Crippen molar-refractivity contribution in [3.05, 3.63) is 67.2 Å². The summed E-state index contributed by atoms with van der Waals surface area (Å²) in [5, 5.41) is 16.7. The molecule has 4 nitrogen and oxygen atoms in total. The number of ketones is 1. The molecule has 342 valence electrons. The number of carbonyl (C=O) groups is 1. The SMILES string of the molecule is CCCCC(CC)CN(CC(CC)CCCC)c1ccc(-c2sc(C3=C([O-])/C(=c4\cc(C)/c(=C5/C=CC(=[N+](CC(CC)CCCC)CC(CC)CCCC)S5)s4)C3=O)cc2C)s1. The molecule has 4 unspecified atom stereocenters. The Bertz CT molecular complexity index is 2090. The van der Waals surface area contributed by atoms with Gasteiger partial charge in [0.15, 0.2) is 5.78 Å². The summed E-state index contributed by atoms with van der Waals surface area (Å²) in [6.45, 7) is 27.3. The summed E-state index contributed by atoms with van der Waals surface area (Å²) < 4.78 is 4.68. The predicted octanol–water partition coefficient (Wildman–Crippen LogP) is 14.2. The zero-order valence-corrected chi connectivity index (χ0v) is 43.5. The number of Topliss-reactive ketones (excluding diaryl/α,β-unsaturated/α-hetero) is 1. The Morgan fingerprint density at radius 3 is 1.69 bits per heavy atom. The largest absolute Gasteiger partial charge is 0.871 e. The molecule has 0 saturated heterocycles. The van der Waals surface area contributed by atoms with Crippen LogP contribution in [-0.2, 0) is 4.79 Å². The van der Waals surface area contributed by atoms with Crippen molar-refractivity contribution in [2.24, 2.45) is 23.7 Å². The molecule has 8 heteroatoms. The summed E-state index contributed by atoms with van der Waals surface area (Å²) in [5.74, 6) is 2.60. The molecule has 0 radical (unpaired) electrons. The minimum absolute atomic E-state index is 0.0996. The maximum Gasteiger partial charge on any atom is 0.239 e. The third-order valence-corrected chi connectivity index (χ3v) is 18.7. The van der Waals surface area contributed by atoms with E-state index in [1.54, 1.807) is 22.7 Å². The van der Waals surface area contributed by atoms with E-state index < -0.39 is 0 Å². The number of carbonyl (C=O) groups excluding carboxylic acids is 1. The fourth-order valence-electron chi connectivity index (χ4n) is 9.21. The van der Waals surface area contributed by atoms with Crippen molar-refractivity contribution in [2.45, 2.75) is 172 Å². The predicted molar refractivity (Wildman–Crippen MR) is 277 cm³/mol. The molecule has 4 heterocycles. The molecule has 0 bridgehead atoms. The molecule has 3 aromatic rings. The molecule has 1 aliphatic carbocycles. The highest BCUT2D eigenvalue weighted by Gasteiger charge is 2.32. The molecule has 62 heavy (non-hydrogen) atoms. The van der Waals surface area contributed by atoms with Crippen molar-refractivity contribution < 1.29 is 14.5 Å². The van der Waals surface area contributed by atoms with Crippen LogP contribution in [0.2, 0.25) is 0 Å². The summed E-state index contributed by atoms with van der Waals surface area (Å²) >= 11 is 6.99. The molecule has 0 spiro atoms. The summed E-state index contributed by atoms with van der Waals surface area (Å²) in [4.78, 5) is 21.2. The van der Waals surface area contributed by atoms with Gasteiger partial charge in [-0.2, -0.15) is 0 Å². The first kappa shape index (κ1) is 50.6. The average molecular weight is 918 g/mol. The lowest BCUT2D eigenvalue weighted by atomic mass is 9.87. The van der Waals surface area contributed by atoms with Crippen LogP contribution in [0.5, 0.6) is 0 Å². The number of nitrogens with zero attached hydrogens (tertiary/aromatic N) is 2. The van der Waals surface area contributed by atoms with Crippen molar-refractivity contribution in [3.63, 3.8) is 0 Å². The molecule has 0 aromatic carbocycles. The monoisotopic (exact) mass is 917 g/mol. The van der Waals surface area contributed by atoms with Crippen molar-refractivity contribution in [3.8, 4) is 9.75 Å². The fraction of sp³-hybridized carbons (Fsp3) is 0.630. The first-order valence-electron chi connectivity index (χ1n) is 24.8. The van der Waals surface area contributed by atoms with E-state index in [1.807, 2.05) is 23.1 Å². The molecule has 3 aromatic heterocycles. The lowest BCUT2D eigenvalue weighted by Crippen LogP contribution is -2.33. The van der Waals surface area contributed by atoms with Gasteiger partial charge in [-0.3, -0.25) is 4.79 Å². The molecular formula is C54H80N2O2S4. The summed E-state index contributed by atoms with van der Waals surface area (Å²) in [5.41, 5.74) is 3.01. The Balaban J connectivity index is 1.42. The number of unbranched alkanes of at least 4 members (excludes halogenated alkanes) is 4. The standard InChI is InChI=1S/C54H80N2O2S4/c1-11-19-23-39(15-5)33-55(34-40(16-6)24-20-12-2)47-29-27-43(59-47)53-37(9)31-45(61-53)49-51(57)50(52(49)58)46-32-38(10)54(62-46)44-28-30-48(60-44)56(35-41(17-7)25-21-13-3)36-42(18-8)26-22-14-4/h27-32,39-42H,11-26,33-36H2,1-10H3. The van der Waals surface area contributed by atoms with Crippen molar-refractivity contribution in [1.82, 2.24) is 0 Å². The summed E-state index contributed by atoms with van der Waals surface area (Å²) in [6.07, 6.45) is 24.8. The Morgan fingerprint density at radius 2 is 1.18 bits per heavy atom. The van der Waals surface area contributed by atoms with Gasteiger partial charge >= 0.3 is 0 Å². The fourth-order valence-corrected chi connectivity index (χ4v) is 14.0. The van der Waals surface area contributed by atoms with Gasteiger partial charge < -0.3 is 10.0 Å². The number of allylic oxidation sites excluding steroid dienone is 2. The highest BCUT2D eigenvalue weighted by atomic mass is 32.2. The van der Waals surface area contributed by atoms with Crippen LogP contribution in [0.25, 0.3) is 25.8 Å². The smallest absolute Gasteiger partial charge is 0.239 e. The number of anilines is 1. The van der Waals surface area contributed by atoms with E-state index in [1.165, 1.54) is 132 Å². The van der Waals surface area contributed by atoms with E-state index in [9.17, 15) is 9.90 Å². The van der Waals surface area contributed by atoms with Crippen molar-refractivity contribution >= 4 is 77.7 Å². The van der Waals surface area contributed by atoms with E-state index in [0.717, 1.165) is 46.7 Å². The second kappa shape index (κ2) is 25.3. The normalized spacial score (nSPS) is 17.8. The van der Waals surface area contributed by atoms with Crippen LogP contribution >= 0.6 is 45.8 Å². The number of thioether (sulfide) groups is 1. The lowest BCUT2D eigenvalue weighted by molar-refractivity contribution is -0.539. The van der Waals surface area contributed by atoms with Gasteiger partial charge in [-0.1, -0.05) is 125 Å². The van der Waals surface area contributed by atoms with E-state index in [2.05, 4.69) is 115 Å². The number of hydrogen-bond acceptors (Lipinski definition) is 7. The van der Waals surface area contributed by atoms with Gasteiger partial charge in [-0.25, -0.2) is 4.58 Å². The summed E-state index contributed by atoms with van der Waals surface area (Å²) in [6, 6.07) is 8.76. The van der Waals surface area contributed by atoms with E-state index in [4.69, 9.17) is 0 Å². The molecule has 0 saturated carbocycles. The minimum Gasteiger partial charge on any atom is -0.871 e. The lowest BCUT2D eigenvalue weighted by Gasteiger charge is -2.31. The van der Waals surface area contributed by atoms with E-state index in [-0.39, 0.29) is 11.5 Å². The quantitative estimate of drug-likeness (QED) is 0.0715. The second-order valence-corrected chi connectivity index (χ2v) is 22.6. The molecule has 4 atom stereocenters. The Hall–Kier alpha value is -2.39. The minimum atomic E-state index is -0.0996. The van der Waals surface area contributed by atoms with Gasteiger partial charge in [-0.15, -0.1) is 34.0 Å². The van der Waals surface area contributed by atoms with Gasteiger partial charge in [0.05, 0.1) is 5.00 Å². The number of rotatable bonds is 27. The Labute approximate surface area is 393 Å². The van der Waals surface area contributed by atoms with Crippen molar-refractivity contribution in [1.29, 1.82) is 0 Å². The van der Waals surface area contributed by atoms with Crippen LogP contribution in [0.15, 0.2) is 42.2 Å².